The van der Waals surface area contributed by atoms with Crippen molar-refractivity contribution in [2.75, 3.05) is 0 Å². The van der Waals surface area contributed by atoms with Gasteiger partial charge in [0.05, 0.1) is 11.0 Å². The Labute approximate surface area is 306 Å². The molecule has 53 heavy (non-hydrogen) atoms. The Morgan fingerprint density at radius 3 is 1.60 bits per heavy atom. The van der Waals surface area contributed by atoms with Crippen molar-refractivity contribution in [3.8, 4) is 27.9 Å². The van der Waals surface area contributed by atoms with Crippen molar-refractivity contribution in [3.63, 3.8) is 0 Å². The van der Waals surface area contributed by atoms with Gasteiger partial charge in [-0.05, 0) is 132 Å². The summed E-state index contributed by atoms with van der Waals surface area (Å²) in [5.41, 5.74) is 13.1. The second kappa shape index (κ2) is 10.2. The van der Waals surface area contributed by atoms with E-state index in [0.29, 0.717) is 0 Å². The fourth-order valence-corrected chi connectivity index (χ4v) is 9.58. The molecule has 0 bridgehead atoms. The molecule has 0 aliphatic heterocycles. The topological polar surface area (TPSA) is 18.1 Å². The average molecular weight is 676 g/mol. The van der Waals surface area contributed by atoms with Crippen LogP contribution in [0.4, 0.5) is 0 Å². The van der Waals surface area contributed by atoms with Gasteiger partial charge in [0.25, 0.3) is 0 Å². The summed E-state index contributed by atoms with van der Waals surface area (Å²) in [4.78, 5) is 0. The van der Waals surface area contributed by atoms with Crippen molar-refractivity contribution in [3.05, 3.63) is 175 Å². The van der Waals surface area contributed by atoms with Gasteiger partial charge in [-0.25, -0.2) is 0 Å². The van der Waals surface area contributed by atoms with E-state index in [0.717, 1.165) is 21.9 Å². The highest BCUT2D eigenvalue weighted by atomic mass is 16.3. The lowest BCUT2D eigenvalue weighted by Crippen LogP contribution is -2.15. The van der Waals surface area contributed by atoms with Crippen molar-refractivity contribution in [1.82, 2.24) is 4.57 Å². The van der Waals surface area contributed by atoms with Crippen LogP contribution in [0.25, 0.3) is 104 Å². The molecule has 2 aromatic heterocycles. The Morgan fingerprint density at radius 1 is 0.377 bits per heavy atom. The van der Waals surface area contributed by atoms with E-state index < -0.39 is 0 Å². The predicted molar refractivity (Wildman–Crippen MR) is 224 cm³/mol. The number of hydrogen-bond donors (Lipinski definition) is 0. The van der Waals surface area contributed by atoms with Gasteiger partial charge in [0, 0.05) is 32.6 Å². The third-order valence-corrected chi connectivity index (χ3v) is 12.1. The van der Waals surface area contributed by atoms with Crippen molar-refractivity contribution >= 4 is 76.1 Å². The van der Waals surface area contributed by atoms with Crippen LogP contribution in [0.3, 0.4) is 0 Å². The molecule has 0 amide bonds. The highest BCUT2D eigenvalue weighted by Crippen LogP contribution is 2.53. The minimum atomic E-state index is -0.175. The zero-order chi connectivity index (χ0) is 35.0. The fourth-order valence-electron chi connectivity index (χ4n) is 9.58. The molecule has 1 aliphatic rings. The summed E-state index contributed by atoms with van der Waals surface area (Å²) in [5.74, 6) is 0. The molecule has 248 valence electrons. The van der Waals surface area contributed by atoms with Gasteiger partial charge in [-0.3, -0.25) is 0 Å². The zero-order valence-corrected chi connectivity index (χ0v) is 29.4. The summed E-state index contributed by atoms with van der Waals surface area (Å²) in [6.07, 6.45) is 0. The third-order valence-electron chi connectivity index (χ3n) is 12.1. The van der Waals surface area contributed by atoms with E-state index in [1.54, 1.807) is 0 Å². The molecule has 2 heteroatoms. The largest absolute Gasteiger partial charge is 0.456 e. The molecule has 11 aromatic rings. The van der Waals surface area contributed by atoms with E-state index in [4.69, 9.17) is 4.42 Å². The number of furan rings is 1. The van der Waals surface area contributed by atoms with Gasteiger partial charge in [-0.1, -0.05) is 111 Å². The van der Waals surface area contributed by atoms with Crippen LogP contribution in [0.5, 0.6) is 0 Å². The highest BCUT2D eigenvalue weighted by molar-refractivity contribution is 6.26. The van der Waals surface area contributed by atoms with Crippen LogP contribution in [0.1, 0.15) is 25.0 Å². The first kappa shape index (κ1) is 29.0. The number of nitrogens with zero attached hydrogens (tertiary/aromatic N) is 1. The maximum absolute atomic E-state index is 6.18. The minimum absolute atomic E-state index is 0.175. The van der Waals surface area contributed by atoms with Gasteiger partial charge in [-0.2, -0.15) is 0 Å². The minimum Gasteiger partial charge on any atom is -0.456 e. The van der Waals surface area contributed by atoms with Gasteiger partial charge in [-0.15, -0.1) is 0 Å². The normalized spacial score (nSPS) is 13.6. The number of hydrogen-bond acceptors (Lipinski definition) is 1. The Kier molecular flexibility index (Phi) is 5.60. The van der Waals surface area contributed by atoms with Crippen LogP contribution in [-0.4, -0.2) is 4.57 Å². The van der Waals surface area contributed by atoms with Crippen molar-refractivity contribution < 1.29 is 4.42 Å². The highest BCUT2D eigenvalue weighted by Gasteiger charge is 2.37. The van der Waals surface area contributed by atoms with E-state index in [1.807, 2.05) is 12.1 Å². The van der Waals surface area contributed by atoms with Crippen LogP contribution >= 0.6 is 0 Å². The third kappa shape index (κ3) is 3.87. The SMILES string of the molecule is CC1(C)c2cc3c4ccccc4c4ccccc4c3cc2-c2cc3c(cc21)c1cc(-c2ccc4oc5ccccc5c4c2)ccc1n3-c1ccccc1. The Balaban J connectivity index is 1.14. The quantitative estimate of drug-likeness (QED) is 0.167. The predicted octanol–water partition coefficient (Wildman–Crippen LogP) is 14.1. The maximum atomic E-state index is 6.18. The molecule has 0 N–H and O–H groups in total. The first-order chi connectivity index (χ1) is 26.0. The molecular weight excluding hydrogens is 643 g/mol. The Bertz CT molecular complexity index is 3360. The molecule has 0 saturated carbocycles. The molecule has 0 spiro atoms. The number of aromatic nitrogens is 1. The molecule has 0 atom stereocenters. The van der Waals surface area contributed by atoms with Gasteiger partial charge < -0.3 is 8.98 Å². The molecule has 2 nitrogen and oxygen atoms in total. The molecule has 12 rings (SSSR count). The van der Waals surface area contributed by atoms with Crippen LogP contribution < -0.4 is 0 Å². The monoisotopic (exact) mass is 675 g/mol. The summed E-state index contributed by atoms with van der Waals surface area (Å²) in [6, 6.07) is 60.5. The molecule has 2 heterocycles. The second-order valence-electron chi connectivity index (χ2n) is 15.3. The van der Waals surface area contributed by atoms with Crippen molar-refractivity contribution in [1.29, 1.82) is 0 Å². The van der Waals surface area contributed by atoms with Crippen LogP contribution in [0, 0.1) is 0 Å². The molecule has 0 unspecified atom stereocenters. The summed E-state index contributed by atoms with van der Waals surface area (Å²) in [6.45, 7) is 4.82. The number of para-hydroxylation sites is 2. The van der Waals surface area contributed by atoms with Gasteiger partial charge in [0.15, 0.2) is 0 Å². The fraction of sp³-hybridized carbons (Fsp3) is 0.0588. The molecule has 9 aromatic carbocycles. The lowest BCUT2D eigenvalue weighted by molar-refractivity contribution is 0.662. The molecule has 1 aliphatic carbocycles. The zero-order valence-electron chi connectivity index (χ0n) is 29.4. The number of benzene rings is 9. The van der Waals surface area contributed by atoms with E-state index in [2.05, 4.69) is 170 Å². The first-order valence-electron chi connectivity index (χ1n) is 18.5. The van der Waals surface area contributed by atoms with Crippen molar-refractivity contribution in [2.24, 2.45) is 0 Å². The molecular formula is C51H33NO. The van der Waals surface area contributed by atoms with Crippen LogP contribution in [0.2, 0.25) is 0 Å². The number of fused-ring (bicyclic) bond motifs is 15. The molecule has 0 radical (unpaired) electrons. The second-order valence-corrected chi connectivity index (χ2v) is 15.3. The van der Waals surface area contributed by atoms with E-state index in [1.165, 1.54) is 93.2 Å². The number of rotatable bonds is 2. The van der Waals surface area contributed by atoms with Gasteiger partial charge in [0.1, 0.15) is 11.2 Å². The Hall–Kier alpha value is -6.64. The van der Waals surface area contributed by atoms with Gasteiger partial charge >= 0.3 is 0 Å². The van der Waals surface area contributed by atoms with Crippen LogP contribution in [-0.2, 0) is 5.41 Å². The molecule has 0 fully saturated rings. The smallest absolute Gasteiger partial charge is 0.135 e. The molecule has 0 saturated heterocycles. The summed E-state index contributed by atoms with van der Waals surface area (Å²) < 4.78 is 8.63. The van der Waals surface area contributed by atoms with Crippen LogP contribution in [0.15, 0.2) is 168 Å². The van der Waals surface area contributed by atoms with E-state index in [9.17, 15) is 0 Å². The maximum Gasteiger partial charge on any atom is 0.135 e. The van der Waals surface area contributed by atoms with E-state index in [-0.39, 0.29) is 5.41 Å². The lowest BCUT2D eigenvalue weighted by atomic mass is 9.81. The Morgan fingerprint density at radius 2 is 0.887 bits per heavy atom. The van der Waals surface area contributed by atoms with E-state index >= 15 is 0 Å². The standard InChI is InChI=1S/C51H33NO/c1-51(2)45-27-39-36-17-9-7-15-34(36)33-14-6-8-16-35(33)38(39)26-40(45)41-29-48-43(28-46(41)51)42-24-30(20-22-47(42)52(48)32-12-4-3-5-13-32)31-21-23-50-44(25-31)37-18-10-11-19-49(37)53-50/h3-29H,1-2H3. The lowest BCUT2D eigenvalue weighted by Gasteiger charge is -2.22. The first-order valence-corrected chi connectivity index (χ1v) is 18.5. The van der Waals surface area contributed by atoms with Crippen molar-refractivity contribution in [2.45, 2.75) is 19.3 Å². The average Bonchev–Trinajstić information content (AvgIpc) is 3.81. The summed E-state index contributed by atoms with van der Waals surface area (Å²) in [7, 11) is 0. The van der Waals surface area contributed by atoms with Gasteiger partial charge in [0.2, 0.25) is 0 Å². The summed E-state index contributed by atoms with van der Waals surface area (Å²) in [5, 5.41) is 12.7. The summed E-state index contributed by atoms with van der Waals surface area (Å²) >= 11 is 0.